The first-order chi connectivity index (χ1) is 8.82. The van der Waals surface area contributed by atoms with Crippen molar-refractivity contribution in [2.75, 3.05) is 0 Å². The fourth-order valence-electron chi connectivity index (χ4n) is 1.55. The van der Waals surface area contributed by atoms with Crippen LogP contribution in [0.25, 0.3) is 0 Å². The predicted octanol–water partition coefficient (Wildman–Crippen LogP) is 0.250. The van der Waals surface area contributed by atoms with E-state index in [0.717, 1.165) is 0 Å². The molecule has 0 saturated carbocycles. The van der Waals surface area contributed by atoms with Gasteiger partial charge in [0.25, 0.3) is 5.69 Å². The van der Waals surface area contributed by atoms with Crippen molar-refractivity contribution in [3.63, 3.8) is 0 Å². The van der Waals surface area contributed by atoms with Gasteiger partial charge >= 0.3 is 11.9 Å². The molecule has 0 spiro atoms. The molecule has 1 rings (SSSR count). The normalized spacial score (nSPS) is 13.5. The highest BCUT2D eigenvalue weighted by atomic mass is 16.6. The van der Waals surface area contributed by atoms with Gasteiger partial charge in [-0.05, 0) is 12.0 Å². The Balaban J connectivity index is 2.88. The summed E-state index contributed by atoms with van der Waals surface area (Å²) >= 11 is 0. The lowest BCUT2D eigenvalue weighted by Crippen LogP contribution is -2.43. The van der Waals surface area contributed by atoms with Gasteiger partial charge in [0.05, 0.1) is 10.8 Å². The van der Waals surface area contributed by atoms with Gasteiger partial charge in [-0.25, -0.2) is 0 Å². The molecule has 0 amide bonds. The lowest BCUT2D eigenvalue weighted by atomic mass is 9.92. The minimum absolute atomic E-state index is 0.110. The van der Waals surface area contributed by atoms with E-state index in [-0.39, 0.29) is 12.1 Å². The number of carboxylic acids is 2. The zero-order valence-electron chi connectivity index (χ0n) is 9.72. The number of hydrogen-bond donors (Lipinski definition) is 3. The summed E-state index contributed by atoms with van der Waals surface area (Å²) in [4.78, 5) is 31.5. The van der Waals surface area contributed by atoms with E-state index < -0.39 is 28.8 Å². The molecular formula is C11H12N2O6. The van der Waals surface area contributed by atoms with Gasteiger partial charge in [0.2, 0.25) is 0 Å². The summed E-state index contributed by atoms with van der Waals surface area (Å²) in [5.74, 6) is -4.03. The van der Waals surface area contributed by atoms with Crippen molar-refractivity contribution in [1.82, 2.24) is 0 Å². The molecule has 0 aromatic heterocycles. The van der Waals surface area contributed by atoms with Crippen molar-refractivity contribution in [2.24, 2.45) is 11.7 Å². The fourth-order valence-corrected chi connectivity index (χ4v) is 1.55. The number of non-ortho nitro benzene ring substituents is 1. The molecule has 2 atom stereocenters. The minimum atomic E-state index is -1.53. The monoisotopic (exact) mass is 268 g/mol. The molecular weight excluding hydrogens is 256 g/mol. The van der Waals surface area contributed by atoms with Crippen LogP contribution in [0.4, 0.5) is 5.69 Å². The zero-order chi connectivity index (χ0) is 14.6. The minimum Gasteiger partial charge on any atom is -0.481 e. The van der Waals surface area contributed by atoms with E-state index in [1.54, 1.807) is 0 Å². The predicted molar refractivity (Wildman–Crippen MR) is 63.5 cm³/mol. The van der Waals surface area contributed by atoms with E-state index in [9.17, 15) is 19.7 Å². The van der Waals surface area contributed by atoms with Gasteiger partial charge < -0.3 is 15.9 Å². The lowest BCUT2D eigenvalue weighted by molar-refractivity contribution is -0.384. The van der Waals surface area contributed by atoms with Crippen molar-refractivity contribution in [3.05, 3.63) is 39.9 Å². The van der Waals surface area contributed by atoms with Gasteiger partial charge in [-0.2, -0.15) is 0 Å². The second-order valence-electron chi connectivity index (χ2n) is 3.94. The number of nitro benzene ring substituents is 1. The van der Waals surface area contributed by atoms with Crippen LogP contribution < -0.4 is 5.73 Å². The number of carboxylic acid groups (broad SMARTS) is 2. The van der Waals surface area contributed by atoms with E-state index in [1.165, 1.54) is 24.3 Å². The third-order valence-corrected chi connectivity index (χ3v) is 2.64. The molecule has 102 valence electrons. The Kier molecular flexibility index (Phi) is 4.54. The van der Waals surface area contributed by atoms with Crippen LogP contribution in [0.2, 0.25) is 0 Å². The molecule has 8 nitrogen and oxygen atoms in total. The fraction of sp³-hybridized carbons (Fsp3) is 0.273. The van der Waals surface area contributed by atoms with Crippen molar-refractivity contribution in [1.29, 1.82) is 0 Å². The molecule has 4 N–H and O–H groups in total. The first-order valence-electron chi connectivity index (χ1n) is 5.27. The number of rotatable bonds is 6. The quantitative estimate of drug-likeness (QED) is 0.495. The van der Waals surface area contributed by atoms with Crippen LogP contribution in [0.1, 0.15) is 5.56 Å². The third kappa shape index (κ3) is 3.75. The Morgan fingerprint density at radius 3 is 2.11 bits per heavy atom. The van der Waals surface area contributed by atoms with Gasteiger partial charge in [0.1, 0.15) is 6.04 Å². The third-order valence-electron chi connectivity index (χ3n) is 2.64. The van der Waals surface area contributed by atoms with Crippen LogP contribution >= 0.6 is 0 Å². The number of hydrogen-bond acceptors (Lipinski definition) is 5. The van der Waals surface area contributed by atoms with Crippen LogP contribution in [0, 0.1) is 16.0 Å². The number of nitrogens with two attached hydrogens (primary N) is 1. The van der Waals surface area contributed by atoms with Crippen LogP contribution in [-0.2, 0) is 16.0 Å². The Morgan fingerprint density at radius 2 is 1.74 bits per heavy atom. The smallest absolute Gasteiger partial charge is 0.321 e. The Labute approximate surface area is 107 Å². The molecule has 0 heterocycles. The summed E-state index contributed by atoms with van der Waals surface area (Å²) in [6.07, 6.45) is -0.110. The molecule has 0 saturated heterocycles. The molecule has 0 aliphatic rings. The first-order valence-corrected chi connectivity index (χ1v) is 5.27. The lowest BCUT2D eigenvalue weighted by Gasteiger charge is -2.16. The van der Waals surface area contributed by atoms with Crippen molar-refractivity contribution in [2.45, 2.75) is 12.5 Å². The van der Waals surface area contributed by atoms with E-state index in [1.807, 2.05) is 0 Å². The zero-order valence-corrected chi connectivity index (χ0v) is 9.72. The van der Waals surface area contributed by atoms with Gasteiger partial charge in [-0.1, -0.05) is 12.1 Å². The standard InChI is InChI=1S/C11H12N2O6/c12-9(11(16)17)8(10(14)15)5-6-1-3-7(4-2-6)13(18)19/h1-4,8-9H,5,12H2,(H,14,15)(H,16,17)/t8-,9+/m1/s1. The molecule has 0 aliphatic heterocycles. The van der Waals surface area contributed by atoms with Gasteiger partial charge in [0, 0.05) is 12.1 Å². The molecule has 0 fully saturated rings. The highest BCUT2D eigenvalue weighted by molar-refractivity contribution is 5.82. The number of nitro groups is 1. The number of carbonyl (C=O) groups is 2. The molecule has 1 aromatic carbocycles. The summed E-state index contributed by atoms with van der Waals surface area (Å²) < 4.78 is 0. The topological polar surface area (TPSA) is 144 Å². The van der Waals surface area contributed by atoms with Crippen molar-refractivity contribution < 1.29 is 24.7 Å². The van der Waals surface area contributed by atoms with Crippen LogP contribution in [0.15, 0.2) is 24.3 Å². The summed E-state index contributed by atoms with van der Waals surface area (Å²) in [6, 6.07) is 3.67. The van der Waals surface area contributed by atoms with Crippen molar-refractivity contribution in [3.8, 4) is 0 Å². The maximum atomic E-state index is 11.0. The van der Waals surface area contributed by atoms with Crippen LogP contribution in [0.5, 0.6) is 0 Å². The summed E-state index contributed by atoms with van der Waals surface area (Å²) in [7, 11) is 0. The maximum absolute atomic E-state index is 11.0. The summed E-state index contributed by atoms with van der Waals surface area (Å²) in [6.45, 7) is 0. The Hall–Kier alpha value is -2.48. The Bertz CT molecular complexity index is 498. The number of nitrogens with zero attached hydrogens (tertiary/aromatic N) is 1. The molecule has 0 bridgehead atoms. The number of aliphatic carboxylic acids is 2. The average Bonchev–Trinajstić information content (AvgIpc) is 2.35. The molecule has 0 radical (unpaired) electrons. The number of benzene rings is 1. The van der Waals surface area contributed by atoms with Crippen LogP contribution in [0.3, 0.4) is 0 Å². The van der Waals surface area contributed by atoms with Crippen LogP contribution in [-0.4, -0.2) is 33.1 Å². The molecule has 1 aromatic rings. The first kappa shape index (κ1) is 14.6. The van der Waals surface area contributed by atoms with Gasteiger partial charge in [-0.3, -0.25) is 19.7 Å². The van der Waals surface area contributed by atoms with E-state index in [0.29, 0.717) is 5.56 Å². The molecule has 0 unspecified atom stereocenters. The second-order valence-corrected chi connectivity index (χ2v) is 3.94. The molecule has 19 heavy (non-hydrogen) atoms. The van der Waals surface area contributed by atoms with E-state index in [2.05, 4.69) is 0 Å². The second kappa shape index (κ2) is 5.91. The van der Waals surface area contributed by atoms with E-state index in [4.69, 9.17) is 15.9 Å². The molecule has 8 heteroatoms. The maximum Gasteiger partial charge on any atom is 0.321 e. The summed E-state index contributed by atoms with van der Waals surface area (Å²) in [5, 5.41) is 28.1. The van der Waals surface area contributed by atoms with E-state index >= 15 is 0 Å². The highest BCUT2D eigenvalue weighted by Crippen LogP contribution is 2.16. The summed E-state index contributed by atoms with van der Waals surface area (Å²) in [5.41, 5.74) is 5.64. The molecule has 0 aliphatic carbocycles. The average molecular weight is 268 g/mol. The SMILES string of the molecule is N[C@H](C(=O)O)[C@@H](Cc1ccc([N+](=O)[O-])cc1)C(=O)O. The van der Waals surface area contributed by atoms with Gasteiger partial charge in [0.15, 0.2) is 0 Å². The Morgan fingerprint density at radius 1 is 1.21 bits per heavy atom. The largest absolute Gasteiger partial charge is 0.481 e. The van der Waals surface area contributed by atoms with Gasteiger partial charge in [-0.15, -0.1) is 0 Å². The van der Waals surface area contributed by atoms with Crippen molar-refractivity contribution >= 4 is 17.6 Å². The highest BCUT2D eigenvalue weighted by Gasteiger charge is 2.30.